The zero-order chi connectivity index (χ0) is 16.6. The van der Waals surface area contributed by atoms with Gasteiger partial charge >= 0.3 is 0 Å². The first-order chi connectivity index (χ1) is 11.4. The molecule has 0 radical (unpaired) electrons. The fraction of sp³-hybridized carbons (Fsp3) is 1.00. The fourth-order valence-corrected chi connectivity index (χ4v) is 3.72. The summed E-state index contributed by atoms with van der Waals surface area (Å²) in [5.41, 5.74) is 0. The second kappa shape index (κ2) is 15.5. The Morgan fingerprint density at radius 2 is 1.00 bits per heavy atom. The van der Waals surface area contributed by atoms with Crippen molar-refractivity contribution in [2.24, 2.45) is 11.8 Å². The summed E-state index contributed by atoms with van der Waals surface area (Å²) >= 11 is 0. The molecule has 0 bridgehead atoms. The van der Waals surface area contributed by atoms with Crippen molar-refractivity contribution in [3.8, 4) is 0 Å². The summed E-state index contributed by atoms with van der Waals surface area (Å²) in [6.45, 7) is 6.53. The van der Waals surface area contributed by atoms with Gasteiger partial charge in [0.05, 0.1) is 0 Å². The molecule has 1 saturated carbocycles. The lowest BCUT2D eigenvalue weighted by atomic mass is 10.0. The zero-order valence-corrected chi connectivity index (χ0v) is 16.3. The van der Waals surface area contributed by atoms with E-state index in [0.717, 1.165) is 25.0 Å². The zero-order valence-electron chi connectivity index (χ0n) is 16.3. The van der Waals surface area contributed by atoms with E-state index in [1.165, 1.54) is 96.3 Å². The summed E-state index contributed by atoms with van der Waals surface area (Å²) in [4.78, 5) is 0. The van der Waals surface area contributed by atoms with Crippen molar-refractivity contribution < 1.29 is 4.74 Å². The molecule has 0 aliphatic heterocycles. The summed E-state index contributed by atoms with van der Waals surface area (Å²) in [7, 11) is 0. The van der Waals surface area contributed by atoms with Crippen molar-refractivity contribution in [3.05, 3.63) is 0 Å². The minimum Gasteiger partial charge on any atom is -0.381 e. The average molecular weight is 325 g/mol. The summed E-state index contributed by atoms with van der Waals surface area (Å²) in [6, 6.07) is 0. The van der Waals surface area contributed by atoms with Gasteiger partial charge in [-0.05, 0) is 31.1 Å². The smallest absolute Gasteiger partial charge is 0.0466 e. The topological polar surface area (TPSA) is 9.23 Å². The largest absolute Gasteiger partial charge is 0.381 e. The van der Waals surface area contributed by atoms with E-state index >= 15 is 0 Å². The number of unbranched alkanes of at least 4 members (excludes halogenated alkanes) is 10. The lowest BCUT2D eigenvalue weighted by Crippen LogP contribution is -1.97. The van der Waals surface area contributed by atoms with Gasteiger partial charge in [0.2, 0.25) is 0 Å². The van der Waals surface area contributed by atoms with Crippen LogP contribution >= 0.6 is 0 Å². The van der Waals surface area contributed by atoms with E-state index in [9.17, 15) is 0 Å². The van der Waals surface area contributed by atoms with Crippen LogP contribution in [0.4, 0.5) is 0 Å². The number of ether oxygens (including phenoxy) is 1. The monoisotopic (exact) mass is 324 g/mol. The molecule has 0 aromatic rings. The Morgan fingerprint density at radius 3 is 1.61 bits per heavy atom. The Hall–Kier alpha value is -0.0400. The summed E-state index contributed by atoms with van der Waals surface area (Å²) in [5.74, 6) is 2.22. The van der Waals surface area contributed by atoms with Crippen LogP contribution in [-0.4, -0.2) is 13.2 Å². The van der Waals surface area contributed by atoms with Crippen LogP contribution in [0.25, 0.3) is 0 Å². The first-order valence-corrected chi connectivity index (χ1v) is 11.0. The number of rotatable bonds is 18. The third-order valence-corrected chi connectivity index (χ3v) is 5.50. The predicted octanol–water partition coefficient (Wildman–Crippen LogP) is 7.53. The van der Waals surface area contributed by atoms with Gasteiger partial charge in [-0.3, -0.25) is 0 Å². The lowest BCUT2D eigenvalue weighted by molar-refractivity contribution is 0.126. The van der Waals surface area contributed by atoms with Gasteiger partial charge in [-0.15, -0.1) is 0 Å². The molecule has 0 spiro atoms. The maximum atomic E-state index is 5.67. The summed E-state index contributed by atoms with van der Waals surface area (Å²) < 4.78 is 5.67. The highest BCUT2D eigenvalue weighted by Gasteiger charge is 2.34. The van der Waals surface area contributed by atoms with Gasteiger partial charge in [-0.25, -0.2) is 0 Å². The third kappa shape index (κ3) is 13.0. The van der Waals surface area contributed by atoms with Crippen LogP contribution in [0.15, 0.2) is 0 Å². The van der Waals surface area contributed by atoms with Crippen molar-refractivity contribution in [3.63, 3.8) is 0 Å². The van der Waals surface area contributed by atoms with Crippen LogP contribution in [0.5, 0.6) is 0 Å². The second-order valence-corrected chi connectivity index (χ2v) is 7.83. The minimum atomic E-state index is 0.982. The highest BCUT2D eigenvalue weighted by molar-refractivity contribution is 4.85. The van der Waals surface area contributed by atoms with Gasteiger partial charge in [0.1, 0.15) is 0 Å². The molecule has 1 aliphatic carbocycles. The van der Waals surface area contributed by atoms with E-state index in [0.29, 0.717) is 0 Å². The molecule has 1 nitrogen and oxygen atoms in total. The lowest BCUT2D eigenvalue weighted by Gasteiger charge is -2.04. The molecular weight excluding hydrogens is 280 g/mol. The normalized spacial score (nSPS) is 20.1. The Kier molecular flexibility index (Phi) is 14.1. The van der Waals surface area contributed by atoms with Crippen LogP contribution in [0.3, 0.4) is 0 Å². The Labute approximate surface area is 147 Å². The molecule has 2 unspecified atom stereocenters. The van der Waals surface area contributed by atoms with Crippen molar-refractivity contribution in [2.45, 2.75) is 117 Å². The van der Waals surface area contributed by atoms with E-state index in [4.69, 9.17) is 4.74 Å². The average Bonchev–Trinajstić information content (AvgIpc) is 3.31. The number of hydrogen-bond donors (Lipinski definition) is 0. The molecule has 23 heavy (non-hydrogen) atoms. The van der Waals surface area contributed by atoms with Crippen molar-refractivity contribution >= 4 is 0 Å². The molecule has 138 valence electrons. The van der Waals surface area contributed by atoms with Crippen LogP contribution in [0, 0.1) is 11.8 Å². The third-order valence-electron chi connectivity index (χ3n) is 5.50. The molecule has 0 saturated heterocycles. The molecule has 0 aromatic heterocycles. The highest BCUT2D eigenvalue weighted by Crippen LogP contribution is 2.45. The fourth-order valence-electron chi connectivity index (χ4n) is 3.72. The quantitative estimate of drug-likeness (QED) is 0.237. The van der Waals surface area contributed by atoms with Gasteiger partial charge in [-0.2, -0.15) is 0 Å². The van der Waals surface area contributed by atoms with Crippen LogP contribution in [0.1, 0.15) is 117 Å². The Bertz CT molecular complexity index is 238. The molecule has 2 atom stereocenters. The highest BCUT2D eigenvalue weighted by atomic mass is 16.5. The van der Waals surface area contributed by atoms with Crippen LogP contribution in [-0.2, 0) is 4.74 Å². The molecule has 1 aliphatic rings. The van der Waals surface area contributed by atoms with Crippen LogP contribution in [0.2, 0.25) is 0 Å². The Morgan fingerprint density at radius 1 is 0.565 bits per heavy atom. The molecule has 0 aromatic carbocycles. The first kappa shape index (κ1) is 21.0. The molecule has 0 N–H and O–H groups in total. The maximum absolute atomic E-state index is 5.67. The van der Waals surface area contributed by atoms with Gasteiger partial charge in [0.25, 0.3) is 0 Å². The van der Waals surface area contributed by atoms with E-state index in [1.807, 2.05) is 0 Å². The van der Waals surface area contributed by atoms with Gasteiger partial charge in [0, 0.05) is 13.2 Å². The van der Waals surface area contributed by atoms with Gasteiger partial charge in [-0.1, -0.05) is 97.3 Å². The van der Waals surface area contributed by atoms with Crippen molar-refractivity contribution in [2.75, 3.05) is 13.2 Å². The summed E-state index contributed by atoms with van der Waals surface area (Å²) in [6.07, 6.45) is 22.7. The number of hydrogen-bond acceptors (Lipinski definition) is 1. The van der Waals surface area contributed by atoms with Crippen molar-refractivity contribution in [1.82, 2.24) is 0 Å². The molecular formula is C22H44O. The molecule has 1 heteroatoms. The van der Waals surface area contributed by atoms with E-state index < -0.39 is 0 Å². The minimum absolute atomic E-state index is 0.982. The van der Waals surface area contributed by atoms with E-state index in [2.05, 4.69) is 13.8 Å². The second-order valence-electron chi connectivity index (χ2n) is 7.83. The predicted molar refractivity (Wildman–Crippen MR) is 103 cm³/mol. The molecule has 0 amide bonds. The summed E-state index contributed by atoms with van der Waals surface area (Å²) in [5, 5.41) is 0. The molecule has 1 rings (SSSR count). The van der Waals surface area contributed by atoms with E-state index in [1.54, 1.807) is 6.42 Å². The van der Waals surface area contributed by atoms with Gasteiger partial charge < -0.3 is 4.74 Å². The maximum Gasteiger partial charge on any atom is 0.0466 e. The van der Waals surface area contributed by atoms with Crippen molar-refractivity contribution in [1.29, 1.82) is 0 Å². The van der Waals surface area contributed by atoms with E-state index in [-0.39, 0.29) is 0 Å². The van der Waals surface area contributed by atoms with Gasteiger partial charge in [0.15, 0.2) is 0 Å². The molecule has 0 heterocycles. The standard InChI is InChI=1S/C22H44O/c1-3-5-7-8-9-12-16-21-20-22(21)17-13-10-11-15-19-23-18-14-6-4-2/h21-22H,3-20H2,1-2H3. The molecule has 1 fully saturated rings. The van der Waals surface area contributed by atoms with Crippen LogP contribution < -0.4 is 0 Å². The first-order valence-electron chi connectivity index (χ1n) is 11.0. The Balaban J connectivity index is 1.72. The SMILES string of the molecule is CCCCCCCCC1CC1CCCCCCOCCCCC.